The van der Waals surface area contributed by atoms with E-state index in [1.54, 1.807) is 12.1 Å². The Morgan fingerprint density at radius 2 is 1.62 bits per heavy atom. The zero-order valence-corrected chi connectivity index (χ0v) is 19.8. The maximum Gasteiger partial charge on any atom is 0.335 e. The standard InChI is InChI=1S/C25H28N2O3.2ClH/c1-27(2)23-16-21(25(29)30)12-13-22(23)19-10-8-18(9-11-19)14-15-26-17-24(28)20-6-4-3-5-7-20;;/h3-13,16,24,26,28H,14-15,17H2,1-2H3,(H,29,30);2*1H/t24-;;/m1../s1. The van der Waals surface area contributed by atoms with Gasteiger partial charge in [-0.25, -0.2) is 4.79 Å². The Hall–Kier alpha value is -2.57. The Balaban J connectivity index is 0.00000256. The molecule has 5 nitrogen and oxygen atoms in total. The lowest BCUT2D eigenvalue weighted by Crippen LogP contribution is -2.23. The number of carboxylic acid groups (broad SMARTS) is 1. The predicted molar refractivity (Wildman–Crippen MR) is 136 cm³/mol. The first-order valence-corrected chi connectivity index (χ1v) is 10.0. The molecule has 0 heterocycles. The highest BCUT2D eigenvalue weighted by molar-refractivity contribution is 5.92. The van der Waals surface area contributed by atoms with Gasteiger partial charge in [0.2, 0.25) is 0 Å². The SMILES string of the molecule is CN(C)c1cc(C(=O)O)ccc1-c1ccc(CCNC[C@@H](O)c2ccccc2)cc1.Cl.Cl. The molecule has 3 aromatic rings. The third-order valence-electron chi connectivity index (χ3n) is 5.10. The number of anilines is 1. The lowest BCUT2D eigenvalue weighted by Gasteiger charge is -2.18. The van der Waals surface area contributed by atoms with E-state index in [2.05, 4.69) is 29.6 Å². The van der Waals surface area contributed by atoms with Gasteiger partial charge in [-0.1, -0.05) is 60.7 Å². The fraction of sp³-hybridized carbons (Fsp3) is 0.240. The van der Waals surface area contributed by atoms with Crippen molar-refractivity contribution in [1.82, 2.24) is 5.32 Å². The number of rotatable bonds is 9. The second kappa shape index (κ2) is 13.1. The summed E-state index contributed by atoms with van der Waals surface area (Å²) in [6, 6.07) is 23.2. The molecule has 3 aromatic carbocycles. The molecular weight excluding hydrogens is 447 g/mol. The highest BCUT2D eigenvalue weighted by Crippen LogP contribution is 2.31. The number of halogens is 2. The largest absolute Gasteiger partial charge is 0.478 e. The molecule has 0 saturated heterocycles. The van der Waals surface area contributed by atoms with Crippen LogP contribution < -0.4 is 10.2 Å². The Labute approximate surface area is 201 Å². The van der Waals surface area contributed by atoms with E-state index < -0.39 is 12.1 Å². The summed E-state index contributed by atoms with van der Waals surface area (Å²) in [6.45, 7) is 1.30. The summed E-state index contributed by atoms with van der Waals surface area (Å²) in [5, 5.41) is 22.8. The fourth-order valence-electron chi connectivity index (χ4n) is 3.39. The van der Waals surface area contributed by atoms with Gasteiger partial charge in [0.05, 0.1) is 11.7 Å². The van der Waals surface area contributed by atoms with Gasteiger partial charge in [0, 0.05) is 31.9 Å². The minimum absolute atomic E-state index is 0. The van der Waals surface area contributed by atoms with Crippen molar-refractivity contribution in [2.45, 2.75) is 12.5 Å². The van der Waals surface area contributed by atoms with E-state index in [-0.39, 0.29) is 30.4 Å². The number of carboxylic acids is 1. The van der Waals surface area contributed by atoms with Gasteiger partial charge in [0.15, 0.2) is 0 Å². The van der Waals surface area contributed by atoms with E-state index in [1.807, 2.05) is 55.4 Å². The fourth-order valence-corrected chi connectivity index (χ4v) is 3.39. The Morgan fingerprint density at radius 1 is 0.969 bits per heavy atom. The van der Waals surface area contributed by atoms with Crippen molar-refractivity contribution < 1.29 is 15.0 Å². The van der Waals surface area contributed by atoms with Crippen LogP contribution in [0.5, 0.6) is 0 Å². The number of benzene rings is 3. The maximum absolute atomic E-state index is 11.3. The predicted octanol–water partition coefficient (Wildman–Crippen LogP) is 4.83. The molecule has 1 atom stereocenters. The number of aliphatic hydroxyl groups excluding tert-OH is 1. The Bertz CT molecular complexity index is 980. The van der Waals surface area contributed by atoms with E-state index in [9.17, 15) is 15.0 Å². The van der Waals surface area contributed by atoms with Crippen LogP contribution in [0.15, 0.2) is 72.8 Å². The molecule has 7 heteroatoms. The van der Waals surface area contributed by atoms with Crippen molar-refractivity contribution in [3.8, 4) is 11.1 Å². The summed E-state index contributed by atoms with van der Waals surface area (Å²) in [5.41, 5.74) is 5.32. The maximum atomic E-state index is 11.3. The van der Waals surface area contributed by atoms with Gasteiger partial charge in [-0.2, -0.15) is 0 Å². The van der Waals surface area contributed by atoms with Gasteiger partial charge in [0.25, 0.3) is 0 Å². The smallest absolute Gasteiger partial charge is 0.335 e. The van der Waals surface area contributed by atoms with Crippen LogP contribution in [0.3, 0.4) is 0 Å². The Morgan fingerprint density at radius 3 is 2.22 bits per heavy atom. The molecule has 0 bridgehead atoms. The molecule has 32 heavy (non-hydrogen) atoms. The van der Waals surface area contributed by atoms with Gasteiger partial charge in [-0.05, 0) is 41.8 Å². The second-order valence-corrected chi connectivity index (χ2v) is 7.51. The zero-order valence-electron chi connectivity index (χ0n) is 18.2. The number of hydrogen-bond donors (Lipinski definition) is 3. The lowest BCUT2D eigenvalue weighted by molar-refractivity contribution is 0.0697. The first-order chi connectivity index (χ1) is 14.5. The van der Waals surface area contributed by atoms with Crippen LogP contribution in [0.2, 0.25) is 0 Å². The van der Waals surface area contributed by atoms with Gasteiger partial charge >= 0.3 is 5.97 Å². The highest BCUT2D eigenvalue weighted by atomic mass is 35.5. The summed E-state index contributed by atoms with van der Waals surface area (Å²) in [7, 11) is 3.82. The number of aromatic carboxylic acids is 1. The second-order valence-electron chi connectivity index (χ2n) is 7.51. The first kappa shape index (κ1) is 27.5. The van der Waals surface area contributed by atoms with E-state index >= 15 is 0 Å². The Kier molecular flexibility index (Phi) is 11.2. The molecule has 0 aromatic heterocycles. The van der Waals surface area contributed by atoms with Crippen molar-refractivity contribution in [1.29, 1.82) is 0 Å². The zero-order chi connectivity index (χ0) is 21.5. The summed E-state index contributed by atoms with van der Waals surface area (Å²) in [5.74, 6) is -0.926. The quantitative estimate of drug-likeness (QED) is 0.385. The van der Waals surface area contributed by atoms with Crippen molar-refractivity contribution in [3.05, 3.63) is 89.5 Å². The van der Waals surface area contributed by atoms with E-state index in [0.717, 1.165) is 35.3 Å². The van der Waals surface area contributed by atoms with Crippen LogP contribution in [0.4, 0.5) is 5.69 Å². The van der Waals surface area contributed by atoms with Crippen LogP contribution in [0, 0.1) is 0 Å². The number of carbonyl (C=O) groups is 1. The number of aliphatic hydroxyl groups is 1. The highest BCUT2D eigenvalue weighted by Gasteiger charge is 2.12. The third kappa shape index (κ3) is 7.24. The average Bonchev–Trinajstić information content (AvgIpc) is 2.77. The minimum Gasteiger partial charge on any atom is -0.478 e. The third-order valence-corrected chi connectivity index (χ3v) is 5.10. The van der Waals surface area contributed by atoms with Crippen molar-refractivity contribution >= 4 is 36.5 Å². The molecule has 0 aliphatic rings. The van der Waals surface area contributed by atoms with Gasteiger partial charge < -0.3 is 20.4 Å². The monoisotopic (exact) mass is 476 g/mol. The summed E-state index contributed by atoms with van der Waals surface area (Å²) in [6.07, 6.45) is 0.354. The van der Waals surface area contributed by atoms with Crippen LogP contribution in [-0.2, 0) is 6.42 Å². The summed E-state index contributed by atoms with van der Waals surface area (Å²) >= 11 is 0. The van der Waals surface area contributed by atoms with Gasteiger partial charge in [-0.15, -0.1) is 24.8 Å². The molecule has 3 rings (SSSR count). The van der Waals surface area contributed by atoms with Crippen LogP contribution in [0.25, 0.3) is 11.1 Å². The van der Waals surface area contributed by atoms with E-state index in [0.29, 0.717) is 6.54 Å². The number of nitrogens with one attached hydrogen (secondary N) is 1. The summed E-state index contributed by atoms with van der Waals surface area (Å²) in [4.78, 5) is 13.2. The van der Waals surface area contributed by atoms with Crippen molar-refractivity contribution in [2.24, 2.45) is 0 Å². The lowest BCUT2D eigenvalue weighted by atomic mass is 9.99. The topological polar surface area (TPSA) is 72.8 Å². The van der Waals surface area contributed by atoms with E-state index in [1.165, 1.54) is 5.56 Å². The first-order valence-electron chi connectivity index (χ1n) is 10.0. The van der Waals surface area contributed by atoms with Gasteiger partial charge in [-0.3, -0.25) is 0 Å². The van der Waals surface area contributed by atoms with Crippen molar-refractivity contribution in [3.63, 3.8) is 0 Å². The molecule has 0 amide bonds. The molecular formula is C25H30Cl2N2O3. The number of nitrogens with zero attached hydrogens (tertiary/aromatic N) is 1. The normalized spacial score (nSPS) is 11.1. The van der Waals surface area contributed by atoms with E-state index in [4.69, 9.17) is 0 Å². The molecule has 172 valence electrons. The van der Waals surface area contributed by atoms with Crippen molar-refractivity contribution in [2.75, 3.05) is 32.1 Å². The van der Waals surface area contributed by atoms with Crippen LogP contribution >= 0.6 is 24.8 Å². The molecule has 0 aliphatic carbocycles. The van der Waals surface area contributed by atoms with Crippen LogP contribution in [-0.4, -0.2) is 43.4 Å². The minimum atomic E-state index is -0.926. The average molecular weight is 477 g/mol. The summed E-state index contributed by atoms with van der Waals surface area (Å²) < 4.78 is 0. The number of hydrogen-bond acceptors (Lipinski definition) is 4. The molecule has 0 unspecified atom stereocenters. The molecule has 0 saturated carbocycles. The molecule has 0 aliphatic heterocycles. The molecule has 3 N–H and O–H groups in total. The molecule has 0 fully saturated rings. The molecule has 0 radical (unpaired) electrons. The molecule has 0 spiro atoms. The van der Waals surface area contributed by atoms with Gasteiger partial charge in [0.1, 0.15) is 0 Å². The van der Waals surface area contributed by atoms with Crippen LogP contribution in [0.1, 0.15) is 27.6 Å².